The van der Waals surface area contributed by atoms with Crippen LogP contribution in [0.5, 0.6) is 0 Å². The maximum Gasteiger partial charge on any atom is 0.0462 e. The minimum atomic E-state index is 0.666. The molecule has 0 atom stereocenters. The molecule has 0 fully saturated rings. The zero-order chi connectivity index (χ0) is 14.3. The van der Waals surface area contributed by atoms with Crippen molar-refractivity contribution in [3.05, 3.63) is 28.8 Å². The fourth-order valence-corrected chi connectivity index (χ4v) is 2.97. The highest BCUT2D eigenvalue weighted by Crippen LogP contribution is 2.25. The maximum atomic E-state index is 6.32. The van der Waals surface area contributed by atoms with E-state index < -0.39 is 0 Å². The van der Waals surface area contributed by atoms with Crippen LogP contribution in [0.4, 0.5) is 0 Å². The number of halogens is 1. The van der Waals surface area contributed by atoms with Gasteiger partial charge in [0.1, 0.15) is 0 Å². The zero-order valence-corrected chi connectivity index (χ0v) is 13.9. The Balaban J connectivity index is 2.45. The number of rotatable bonds is 8. The number of nitrogens with one attached hydrogen (secondary N) is 1. The van der Waals surface area contributed by atoms with Gasteiger partial charge in [-0.2, -0.15) is 0 Å². The minimum Gasteiger partial charge on any atom is -0.312 e. The standard InChI is InChI=1S/C15H25ClN2S/c1-12(2)10-17-11-13-5-6-14(9-15(13)16)19-8-7-18(3)4/h5-6,9,12,17H,7-8,10-11H2,1-4H3. The normalized spacial score (nSPS) is 11.5. The smallest absolute Gasteiger partial charge is 0.0462 e. The van der Waals surface area contributed by atoms with Gasteiger partial charge in [0.05, 0.1) is 0 Å². The topological polar surface area (TPSA) is 15.3 Å². The van der Waals surface area contributed by atoms with Gasteiger partial charge < -0.3 is 10.2 Å². The molecule has 0 radical (unpaired) electrons. The Morgan fingerprint density at radius 1 is 1.32 bits per heavy atom. The molecule has 0 aliphatic carbocycles. The average Bonchev–Trinajstić information content (AvgIpc) is 2.31. The van der Waals surface area contributed by atoms with Gasteiger partial charge in [0.15, 0.2) is 0 Å². The van der Waals surface area contributed by atoms with Crippen molar-refractivity contribution in [2.24, 2.45) is 5.92 Å². The molecule has 4 heteroatoms. The molecule has 0 aliphatic rings. The van der Waals surface area contributed by atoms with Gasteiger partial charge in [-0.05, 0) is 44.3 Å². The quantitative estimate of drug-likeness (QED) is 0.736. The summed E-state index contributed by atoms with van der Waals surface area (Å²) in [7, 11) is 4.19. The molecule has 1 aromatic carbocycles. The van der Waals surface area contributed by atoms with E-state index in [-0.39, 0.29) is 0 Å². The molecule has 19 heavy (non-hydrogen) atoms. The summed E-state index contributed by atoms with van der Waals surface area (Å²) < 4.78 is 0. The van der Waals surface area contributed by atoms with Crippen LogP contribution in [-0.2, 0) is 6.54 Å². The number of benzene rings is 1. The van der Waals surface area contributed by atoms with Crippen LogP contribution in [0.1, 0.15) is 19.4 Å². The number of hydrogen-bond donors (Lipinski definition) is 1. The molecule has 0 unspecified atom stereocenters. The Morgan fingerprint density at radius 2 is 2.05 bits per heavy atom. The molecule has 0 spiro atoms. The van der Waals surface area contributed by atoms with Crippen LogP contribution >= 0.6 is 23.4 Å². The van der Waals surface area contributed by atoms with E-state index in [1.807, 2.05) is 11.8 Å². The molecule has 0 saturated carbocycles. The number of hydrogen-bond acceptors (Lipinski definition) is 3. The fourth-order valence-electron chi connectivity index (χ4n) is 1.60. The summed E-state index contributed by atoms with van der Waals surface area (Å²) in [4.78, 5) is 3.44. The SMILES string of the molecule is CC(C)CNCc1ccc(SCCN(C)C)cc1Cl. The van der Waals surface area contributed by atoms with Crippen LogP contribution in [-0.4, -0.2) is 37.8 Å². The molecule has 0 bridgehead atoms. The third-order valence-corrected chi connectivity index (χ3v) is 4.03. The highest BCUT2D eigenvalue weighted by atomic mass is 35.5. The van der Waals surface area contributed by atoms with Gasteiger partial charge >= 0.3 is 0 Å². The van der Waals surface area contributed by atoms with Crippen LogP contribution in [0.3, 0.4) is 0 Å². The van der Waals surface area contributed by atoms with Gasteiger partial charge in [0.25, 0.3) is 0 Å². The fraction of sp³-hybridized carbons (Fsp3) is 0.600. The third-order valence-electron chi connectivity index (χ3n) is 2.70. The van der Waals surface area contributed by atoms with E-state index in [4.69, 9.17) is 11.6 Å². The molecule has 1 N–H and O–H groups in total. The molecular weight excluding hydrogens is 276 g/mol. The van der Waals surface area contributed by atoms with Crippen LogP contribution in [0.25, 0.3) is 0 Å². The lowest BCUT2D eigenvalue weighted by atomic mass is 10.2. The maximum absolute atomic E-state index is 6.32. The number of thioether (sulfide) groups is 1. The van der Waals surface area contributed by atoms with Crippen molar-refractivity contribution in [1.29, 1.82) is 0 Å². The largest absolute Gasteiger partial charge is 0.312 e. The van der Waals surface area contributed by atoms with E-state index in [1.54, 1.807) is 0 Å². The van der Waals surface area contributed by atoms with E-state index in [9.17, 15) is 0 Å². The van der Waals surface area contributed by atoms with Crippen LogP contribution < -0.4 is 5.32 Å². The first-order valence-corrected chi connectivity index (χ1v) is 8.12. The van der Waals surface area contributed by atoms with Crippen molar-refractivity contribution in [2.45, 2.75) is 25.3 Å². The van der Waals surface area contributed by atoms with Crippen molar-refractivity contribution >= 4 is 23.4 Å². The molecule has 0 saturated heterocycles. The van der Waals surface area contributed by atoms with Crippen LogP contribution in [0.2, 0.25) is 5.02 Å². The van der Waals surface area contributed by atoms with Crippen molar-refractivity contribution in [3.63, 3.8) is 0 Å². The lowest BCUT2D eigenvalue weighted by Gasteiger charge is -2.11. The van der Waals surface area contributed by atoms with Gasteiger partial charge in [0, 0.05) is 28.8 Å². The van der Waals surface area contributed by atoms with Gasteiger partial charge in [-0.1, -0.05) is 31.5 Å². The second-order valence-corrected chi connectivity index (χ2v) is 7.01. The lowest BCUT2D eigenvalue weighted by molar-refractivity contribution is 0.437. The summed E-state index contributed by atoms with van der Waals surface area (Å²) in [5, 5.41) is 4.29. The monoisotopic (exact) mass is 300 g/mol. The molecule has 1 aromatic rings. The van der Waals surface area contributed by atoms with Gasteiger partial charge in [-0.25, -0.2) is 0 Å². The molecule has 1 rings (SSSR count). The van der Waals surface area contributed by atoms with Gasteiger partial charge in [-0.3, -0.25) is 0 Å². The van der Waals surface area contributed by atoms with E-state index >= 15 is 0 Å². The van der Waals surface area contributed by atoms with E-state index in [0.29, 0.717) is 5.92 Å². The van der Waals surface area contributed by atoms with Crippen molar-refractivity contribution < 1.29 is 0 Å². The summed E-state index contributed by atoms with van der Waals surface area (Å²) >= 11 is 8.18. The molecule has 0 heterocycles. The van der Waals surface area contributed by atoms with Crippen LogP contribution in [0, 0.1) is 5.92 Å². The van der Waals surface area contributed by atoms with E-state index in [2.05, 4.69) is 56.4 Å². The highest BCUT2D eigenvalue weighted by Gasteiger charge is 2.03. The first kappa shape index (κ1) is 16.8. The second kappa shape index (κ2) is 8.85. The average molecular weight is 301 g/mol. The van der Waals surface area contributed by atoms with Crippen LogP contribution in [0.15, 0.2) is 23.1 Å². The molecule has 108 valence electrons. The van der Waals surface area contributed by atoms with Crippen molar-refractivity contribution in [1.82, 2.24) is 10.2 Å². The molecule has 0 aliphatic heterocycles. The van der Waals surface area contributed by atoms with Crippen molar-refractivity contribution in [3.8, 4) is 0 Å². The summed E-state index contributed by atoms with van der Waals surface area (Å²) in [6, 6.07) is 6.38. The Morgan fingerprint density at radius 3 is 2.63 bits per heavy atom. The second-order valence-electron chi connectivity index (χ2n) is 5.43. The summed E-state index contributed by atoms with van der Waals surface area (Å²) in [5.74, 6) is 1.76. The third kappa shape index (κ3) is 7.21. The Hall–Kier alpha value is -0.220. The Kier molecular flexibility index (Phi) is 7.84. The van der Waals surface area contributed by atoms with Crippen molar-refractivity contribution in [2.75, 3.05) is 32.9 Å². The number of nitrogens with zero attached hydrogens (tertiary/aromatic N) is 1. The first-order valence-electron chi connectivity index (χ1n) is 6.75. The predicted octanol–water partition coefficient (Wildman–Crippen LogP) is 3.74. The highest BCUT2D eigenvalue weighted by molar-refractivity contribution is 7.99. The molecular formula is C15H25ClN2S. The summed E-state index contributed by atoms with van der Waals surface area (Å²) in [6.45, 7) is 7.37. The van der Waals surface area contributed by atoms with Gasteiger partial charge in [0.2, 0.25) is 0 Å². The van der Waals surface area contributed by atoms with E-state index in [1.165, 1.54) is 10.5 Å². The first-order chi connectivity index (χ1) is 8.99. The Labute approximate surface area is 126 Å². The zero-order valence-electron chi connectivity index (χ0n) is 12.4. The summed E-state index contributed by atoms with van der Waals surface area (Å²) in [6.07, 6.45) is 0. The lowest BCUT2D eigenvalue weighted by Crippen LogP contribution is -2.19. The molecule has 0 aromatic heterocycles. The Bertz CT molecular complexity index is 380. The molecule has 0 amide bonds. The summed E-state index contributed by atoms with van der Waals surface area (Å²) in [5.41, 5.74) is 1.18. The molecule has 2 nitrogen and oxygen atoms in total. The van der Waals surface area contributed by atoms with Gasteiger partial charge in [-0.15, -0.1) is 11.8 Å². The van der Waals surface area contributed by atoms with E-state index in [0.717, 1.165) is 30.4 Å². The predicted molar refractivity (Wildman–Crippen MR) is 87.3 cm³/mol. The minimum absolute atomic E-state index is 0.666.